The Morgan fingerprint density at radius 3 is 2.52 bits per heavy atom. The first-order chi connectivity index (χ1) is 13.1. The second-order valence-corrected chi connectivity index (χ2v) is 7.10. The van der Waals surface area contributed by atoms with Crippen molar-refractivity contribution in [2.45, 2.75) is 25.2 Å². The molecule has 3 unspecified atom stereocenters. The molecule has 0 fully saturated rings. The lowest BCUT2D eigenvalue weighted by atomic mass is 9.69. The van der Waals surface area contributed by atoms with Crippen molar-refractivity contribution in [2.75, 3.05) is 0 Å². The Labute approximate surface area is 157 Å². The number of carbonyl (C=O) groups is 1. The summed E-state index contributed by atoms with van der Waals surface area (Å²) >= 11 is 0. The summed E-state index contributed by atoms with van der Waals surface area (Å²) in [7, 11) is 0. The van der Waals surface area contributed by atoms with Gasteiger partial charge in [0.25, 0.3) is 0 Å². The van der Waals surface area contributed by atoms with Crippen molar-refractivity contribution in [1.82, 2.24) is 5.32 Å². The molecule has 0 saturated heterocycles. The maximum atomic E-state index is 13.8. The monoisotopic (exact) mass is 358 g/mol. The van der Waals surface area contributed by atoms with E-state index in [1.54, 1.807) is 12.1 Å². The normalized spacial score (nSPS) is 24.6. The number of fused-ring (bicyclic) bond motifs is 1. The van der Waals surface area contributed by atoms with Crippen LogP contribution in [0.25, 0.3) is 0 Å². The van der Waals surface area contributed by atoms with E-state index in [0.717, 1.165) is 17.0 Å². The molecule has 1 N–H and O–H groups in total. The third kappa shape index (κ3) is 3.06. The standard InChI is InChI=1S/C23H19FN2O/c1-14-19(13-25)22(16-8-5-9-18(24)10-16)23-20(26-14)11-17(12-21(23)27)15-6-3-2-4-7-15/h2-11,17,22-23,26H,12H2,1H3. The van der Waals surface area contributed by atoms with Gasteiger partial charge in [-0.1, -0.05) is 48.5 Å². The summed E-state index contributed by atoms with van der Waals surface area (Å²) in [5, 5.41) is 13.0. The van der Waals surface area contributed by atoms with Crippen molar-refractivity contribution in [1.29, 1.82) is 5.26 Å². The maximum absolute atomic E-state index is 13.8. The second kappa shape index (κ2) is 6.85. The molecule has 4 heteroatoms. The molecule has 2 aliphatic rings. The largest absolute Gasteiger partial charge is 0.361 e. The highest BCUT2D eigenvalue weighted by Crippen LogP contribution is 2.45. The maximum Gasteiger partial charge on any atom is 0.143 e. The van der Waals surface area contributed by atoms with E-state index < -0.39 is 11.8 Å². The van der Waals surface area contributed by atoms with E-state index in [0.29, 0.717) is 17.6 Å². The topological polar surface area (TPSA) is 52.9 Å². The van der Waals surface area contributed by atoms with Crippen LogP contribution in [-0.4, -0.2) is 5.78 Å². The van der Waals surface area contributed by atoms with E-state index in [4.69, 9.17) is 0 Å². The van der Waals surface area contributed by atoms with Gasteiger partial charge in [-0.3, -0.25) is 4.79 Å². The summed E-state index contributed by atoms with van der Waals surface area (Å²) in [5.74, 6) is -1.23. The quantitative estimate of drug-likeness (QED) is 0.856. The molecule has 0 radical (unpaired) electrons. The van der Waals surface area contributed by atoms with Crippen LogP contribution in [0.5, 0.6) is 0 Å². The fourth-order valence-corrected chi connectivity index (χ4v) is 4.19. The van der Waals surface area contributed by atoms with E-state index in [9.17, 15) is 14.4 Å². The molecule has 1 aliphatic heterocycles. The lowest BCUT2D eigenvalue weighted by Gasteiger charge is -2.38. The number of nitriles is 1. The predicted octanol–water partition coefficient (Wildman–Crippen LogP) is 4.57. The summed E-state index contributed by atoms with van der Waals surface area (Å²) in [6.45, 7) is 1.83. The zero-order valence-corrected chi connectivity index (χ0v) is 14.9. The Balaban J connectivity index is 1.82. The molecule has 0 aromatic heterocycles. The number of carbonyl (C=O) groups excluding carboxylic acids is 1. The zero-order valence-electron chi connectivity index (χ0n) is 14.9. The number of hydrogen-bond donors (Lipinski definition) is 1. The number of rotatable bonds is 2. The lowest BCUT2D eigenvalue weighted by molar-refractivity contribution is -0.123. The minimum Gasteiger partial charge on any atom is -0.361 e. The number of benzene rings is 2. The molecule has 3 nitrogen and oxygen atoms in total. The molecule has 1 aliphatic carbocycles. The predicted molar refractivity (Wildman–Crippen MR) is 101 cm³/mol. The molecular formula is C23H19FN2O. The van der Waals surface area contributed by atoms with Crippen molar-refractivity contribution in [3.63, 3.8) is 0 Å². The van der Waals surface area contributed by atoms with Gasteiger partial charge in [0, 0.05) is 29.7 Å². The molecule has 4 rings (SSSR count). The molecule has 0 amide bonds. The first-order valence-electron chi connectivity index (χ1n) is 9.01. The third-order valence-electron chi connectivity index (χ3n) is 5.42. The van der Waals surface area contributed by atoms with Crippen LogP contribution in [0.3, 0.4) is 0 Å². The van der Waals surface area contributed by atoms with E-state index in [1.165, 1.54) is 12.1 Å². The first-order valence-corrected chi connectivity index (χ1v) is 9.01. The van der Waals surface area contributed by atoms with Crippen LogP contribution in [0.2, 0.25) is 0 Å². The summed E-state index contributed by atoms with van der Waals surface area (Å²) in [4.78, 5) is 13.1. The molecule has 134 valence electrons. The van der Waals surface area contributed by atoms with Crippen LogP contribution in [0.15, 0.2) is 77.6 Å². The number of Topliss-reactive ketones (excluding diaryl/α,β-unsaturated/α-hetero) is 1. The van der Waals surface area contributed by atoms with Gasteiger partial charge in [-0.2, -0.15) is 5.26 Å². The van der Waals surface area contributed by atoms with Crippen molar-refractivity contribution < 1.29 is 9.18 Å². The van der Waals surface area contributed by atoms with Gasteiger partial charge < -0.3 is 5.32 Å². The Hall–Kier alpha value is -3.19. The molecule has 0 saturated carbocycles. The zero-order chi connectivity index (χ0) is 19.0. The van der Waals surface area contributed by atoms with Crippen LogP contribution in [0, 0.1) is 23.1 Å². The van der Waals surface area contributed by atoms with Crippen molar-refractivity contribution in [3.05, 3.63) is 94.6 Å². The van der Waals surface area contributed by atoms with Gasteiger partial charge in [-0.25, -0.2) is 4.39 Å². The Morgan fingerprint density at radius 1 is 1.07 bits per heavy atom. The van der Waals surface area contributed by atoms with Crippen LogP contribution < -0.4 is 5.32 Å². The molecule has 1 heterocycles. The summed E-state index contributed by atoms with van der Waals surface area (Å²) in [6.07, 6.45) is 2.47. The molecule has 2 aromatic carbocycles. The summed E-state index contributed by atoms with van der Waals surface area (Å²) in [5.41, 5.74) is 3.78. The van der Waals surface area contributed by atoms with Crippen molar-refractivity contribution >= 4 is 5.78 Å². The van der Waals surface area contributed by atoms with Crippen molar-refractivity contribution in [3.8, 4) is 6.07 Å². The highest BCUT2D eigenvalue weighted by Gasteiger charge is 2.42. The van der Waals surface area contributed by atoms with Crippen LogP contribution in [0.1, 0.15) is 36.3 Å². The minimum atomic E-state index is -0.481. The number of halogens is 1. The van der Waals surface area contributed by atoms with Crippen LogP contribution >= 0.6 is 0 Å². The number of ketones is 1. The van der Waals surface area contributed by atoms with E-state index >= 15 is 0 Å². The number of hydrogen-bond acceptors (Lipinski definition) is 3. The van der Waals surface area contributed by atoms with Gasteiger partial charge >= 0.3 is 0 Å². The van der Waals surface area contributed by atoms with Gasteiger partial charge in [0.1, 0.15) is 11.6 Å². The highest BCUT2D eigenvalue weighted by atomic mass is 19.1. The number of nitrogens with zero attached hydrogens (tertiary/aromatic N) is 1. The fourth-order valence-electron chi connectivity index (χ4n) is 4.19. The van der Waals surface area contributed by atoms with Gasteiger partial charge in [-0.05, 0) is 30.2 Å². The number of allylic oxidation sites excluding steroid dienone is 4. The van der Waals surface area contributed by atoms with E-state index in [-0.39, 0.29) is 17.5 Å². The van der Waals surface area contributed by atoms with Gasteiger partial charge in [0.05, 0.1) is 17.6 Å². The Bertz CT molecular complexity index is 1000. The van der Waals surface area contributed by atoms with E-state index in [2.05, 4.69) is 17.5 Å². The van der Waals surface area contributed by atoms with Crippen molar-refractivity contribution in [2.24, 2.45) is 5.92 Å². The Kier molecular flexibility index (Phi) is 4.37. The summed E-state index contributed by atoms with van der Waals surface area (Å²) < 4.78 is 13.8. The molecule has 3 atom stereocenters. The molecule has 27 heavy (non-hydrogen) atoms. The lowest BCUT2D eigenvalue weighted by Crippen LogP contribution is -2.39. The number of nitrogens with one attached hydrogen (secondary N) is 1. The highest BCUT2D eigenvalue weighted by molar-refractivity contribution is 5.88. The molecule has 0 spiro atoms. The molecule has 0 bridgehead atoms. The van der Waals surface area contributed by atoms with Gasteiger partial charge in [0.2, 0.25) is 0 Å². The smallest absolute Gasteiger partial charge is 0.143 e. The SMILES string of the molecule is CC1=C(C#N)C(c2cccc(F)c2)C2C(=O)CC(c3ccccc3)C=C2N1. The molecule has 2 aromatic rings. The van der Waals surface area contributed by atoms with Gasteiger partial charge in [0.15, 0.2) is 0 Å². The second-order valence-electron chi connectivity index (χ2n) is 7.10. The average Bonchev–Trinajstić information content (AvgIpc) is 2.67. The van der Waals surface area contributed by atoms with E-state index in [1.807, 2.05) is 37.3 Å². The third-order valence-corrected chi connectivity index (χ3v) is 5.42. The van der Waals surface area contributed by atoms with Crippen LogP contribution in [-0.2, 0) is 4.79 Å². The summed E-state index contributed by atoms with van der Waals surface area (Å²) in [6, 6.07) is 18.4. The Morgan fingerprint density at radius 2 is 1.81 bits per heavy atom. The average molecular weight is 358 g/mol. The first kappa shape index (κ1) is 17.2. The van der Waals surface area contributed by atoms with Crippen LogP contribution in [0.4, 0.5) is 4.39 Å². The minimum absolute atomic E-state index is 0.00189. The molecular weight excluding hydrogens is 339 g/mol. The fraction of sp³-hybridized carbons (Fsp3) is 0.217. The van der Waals surface area contributed by atoms with Gasteiger partial charge in [-0.15, -0.1) is 0 Å².